The van der Waals surface area contributed by atoms with Crippen LogP contribution in [0.2, 0.25) is 0 Å². The number of nitrogens with zero attached hydrogens (tertiary/aromatic N) is 1. The van der Waals surface area contributed by atoms with Gasteiger partial charge in [-0.3, -0.25) is 0 Å². The minimum atomic E-state index is -0.947. The maximum Gasteiger partial charge on any atom is 0.329 e. The second kappa shape index (κ2) is 5.82. The van der Waals surface area contributed by atoms with Gasteiger partial charge in [-0.05, 0) is 44.6 Å². The number of hydrogen-bond donors (Lipinski definition) is 2. The average molecular weight is 241 g/mol. The van der Waals surface area contributed by atoms with E-state index in [1.165, 1.54) is 6.21 Å². The van der Waals surface area contributed by atoms with Gasteiger partial charge in [-0.25, -0.2) is 4.79 Å². The van der Waals surface area contributed by atoms with Crippen LogP contribution < -0.4 is 0 Å². The fourth-order valence-electron chi connectivity index (χ4n) is 2.04. The molecule has 0 aromatic rings. The van der Waals surface area contributed by atoms with Crippen LogP contribution in [0.5, 0.6) is 0 Å². The Kier molecular flexibility index (Phi) is 4.69. The molecule has 96 valence electrons. The molecule has 0 aromatic heterocycles. The van der Waals surface area contributed by atoms with Crippen molar-refractivity contribution in [1.29, 1.82) is 0 Å². The van der Waals surface area contributed by atoms with Crippen LogP contribution in [0.15, 0.2) is 16.8 Å². The summed E-state index contributed by atoms with van der Waals surface area (Å²) in [4.78, 5) is 10.5. The predicted molar refractivity (Wildman–Crippen MR) is 63.4 cm³/mol. The van der Waals surface area contributed by atoms with Gasteiger partial charge in [-0.2, -0.15) is 0 Å². The Bertz CT molecular complexity index is 333. The van der Waals surface area contributed by atoms with Gasteiger partial charge in [0.2, 0.25) is 0 Å². The molecule has 17 heavy (non-hydrogen) atoms. The second-order valence-electron chi connectivity index (χ2n) is 4.78. The van der Waals surface area contributed by atoms with Crippen molar-refractivity contribution in [2.75, 3.05) is 6.61 Å². The lowest BCUT2D eigenvalue weighted by Crippen LogP contribution is -2.37. The molecule has 0 amide bonds. The first-order valence-corrected chi connectivity index (χ1v) is 5.68. The highest BCUT2D eigenvalue weighted by molar-refractivity contribution is 5.78. The van der Waals surface area contributed by atoms with Crippen molar-refractivity contribution in [3.8, 4) is 0 Å². The first-order chi connectivity index (χ1) is 7.95. The molecule has 0 radical (unpaired) electrons. The van der Waals surface area contributed by atoms with Crippen LogP contribution in [0.1, 0.15) is 33.1 Å². The van der Waals surface area contributed by atoms with Crippen LogP contribution in [0, 0.1) is 5.92 Å². The third-order valence-electron chi connectivity index (χ3n) is 3.22. The molecule has 0 fully saturated rings. The van der Waals surface area contributed by atoms with Gasteiger partial charge < -0.3 is 15.1 Å². The van der Waals surface area contributed by atoms with Crippen LogP contribution in [0.25, 0.3) is 0 Å². The van der Waals surface area contributed by atoms with Gasteiger partial charge in [0, 0.05) is 0 Å². The quantitative estimate of drug-likeness (QED) is 0.438. The number of hydrogen-bond acceptors (Lipinski definition) is 4. The van der Waals surface area contributed by atoms with Gasteiger partial charge in [0.15, 0.2) is 0 Å². The number of oxime groups is 1. The van der Waals surface area contributed by atoms with Gasteiger partial charge in [-0.15, -0.1) is 0 Å². The molecule has 5 nitrogen and oxygen atoms in total. The number of rotatable bonds is 5. The molecule has 1 atom stereocenters. The summed E-state index contributed by atoms with van der Waals surface area (Å²) < 4.78 is 5.41. The highest BCUT2D eigenvalue weighted by Gasteiger charge is 2.31. The van der Waals surface area contributed by atoms with E-state index in [0.29, 0.717) is 0 Å². The number of allylic oxidation sites excluding steroid dienone is 2. The summed E-state index contributed by atoms with van der Waals surface area (Å²) in [5, 5.41) is 20.0. The summed E-state index contributed by atoms with van der Waals surface area (Å²) in [7, 11) is 0. The Morgan fingerprint density at radius 3 is 2.88 bits per heavy atom. The lowest BCUT2D eigenvalue weighted by atomic mass is 9.79. The van der Waals surface area contributed by atoms with Gasteiger partial charge in [0.05, 0.1) is 11.8 Å². The third-order valence-corrected chi connectivity index (χ3v) is 3.22. The van der Waals surface area contributed by atoms with Crippen molar-refractivity contribution in [3.63, 3.8) is 0 Å². The van der Waals surface area contributed by atoms with E-state index < -0.39 is 11.6 Å². The Labute approximate surface area is 101 Å². The number of ether oxygens (including phenoxy) is 1. The normalized spacial score (nSPS) is 21.5. The zero-order valence-corrected chi connectivity index (χ0v) is 10.2. The summed E-state index contributed by atoms with van der Waals surface area (Å²) in [6.45, 7) is 3.57. The first-order valence-electron chi connectivity index (χ1n) is 5.68. The molecule has 2 N–H and O–H groups in total. The summed E-state index contributed by atoms with van der Waals surface area (Å²) >= 11 is 0. The number of carbonyl (C=O) groups is 1. The fourth-order valence-corrected chi connectivity index (χ4v) is 2.04. The molecule has 0 saturated heterocycles. The molecular formula is C12H19NO4. The fraction of sp³-hybridized carbons (Fsp3) is 0.667. The first kappa shape index (κ1) is 13.7. The second-order valence-corrected chi connectivity index (χ2v) is 4.78. The van der Waals surface area contributed by atoms with Gasteiger partial charge in [0.1, 0.15) is 6.61 Å². The van der Waals surface area contributed by atoms with E-state index in [4.69, 9.17) is 15.1 Å². The predicted octanol–water partition coefficient (Wildman–Crippen LogP) is 2.05. The Morgan fingerprint density at radius 2 is 2.41 bits per heavy atom. The molecule has 1 unspecified atom stereocenters. The van der Waals surface area contributed by atoms with Crippen LogP contribution in [-0.2, 0) is 9.53 Å². The van der Waals surface area contributed by atoms with Crippen molar-refractivity contribution in [1.82, 2.24) is 0 Å². The molecule has 1 rings (SSSR count). The van der Waals surface area contributed by atoms with Crippen molar-refractivity contribution < 1.29 is 19.8 Å². The summed E-state index contributed by atoms with van der Waals surface area (Å²) in [6.07, 6.45) is 6.01. The van der Waals surface area contributed by atoms with Gasteiger partial charge in [0.25, 0.3) is 0 Å². The zero-order chi connectivity index (χ0) is 12.9. The monoisotopic (exact) mass is 241 g/mol. The third kappa shape index (κ3) is 4.19. The maximum atomic E-state index is 10.5. The lowest BCUT2D eigenvalue weighted by molar-refractivity contribution is -0.151. The Balaban J connectivity index is 2.54. The standard InChI is InChI=1S/C12H19NO4/c1-12(2,17-8-11(14)15)10-5-3-9(4-6-10)7-13-16/h3,7,10,16H,4-6,8H2,1-2H3,(H,14,15)/b13-7+. The van der Waals surface area contributed by atoms with E-state index in [1.807, 2.05) is 19.9 Å². The van der Waals surface area contributed by atoms with E-state index in [9.17, 15) is 4.79 Å². The lowest BCUT2D eigenvalue weighted by Gasteiger charge is -2.35. The molecule has 0 spiro atoms. The van der Waals surface area contributed by atoms with E-state index in [1.54, 1.807) is 0 Å². The van der Waals surface area contributed by atoms with Crippen LogP contribution >= 0.6 is 0 Å². The van der Waals surface area contributed by atoms with E-state index in [-0.39, 0.29) is 12.5 Å². The van der Waals surface area contributed by atoms with E-state index in [2.05, 4.69) is 5.16 Å². The molecule has 0 aliphatic heterocycles. The SMILES string of the molecule is CC(C)(OCC(=O)O)C1CC=C(/C=N/O)CC1. The highest BCUT2D eigenvalue weighted by atomic mass is 16.5. The molecule has 0 saturated carbocycles. The van der Waals surface area contributed by atoms with Crippen molar-refractivity contribution in [2.45, 2.75) is 38.7 Å². The molecule has 5 heteroatoms. The summed E-state index contributed by atoms with van der Waals surface area (Å²) in [5.41, 5.74) is 0.564. The van der Waals surface area contributed by atoms with Crippen LogP contribution in [0.4, 0.5) is 0 Å². The van der Waals surface area contributed by atoms with Gasteiger partial charge in [-0.1, -0.05) is 11.2 Å². The van der Waals surface area contributed by atoms with Crippen molar-refractivity contribution >= 4 is 12.2 Å². The molecule has 0 aromatic carbocycles. The topological polar surface area (TPSA) is 79.1 Å². The largest absolute Gasteiger partial charge is 0.480 e. The zero-order valence-electron chi connectivity index (χ0n) is 10.2. The molecule has 0 heterocycles. The highest BCUT2D eigenvalue weighted by Crippen LogP contribution is 2.33. The average Bonchev–Trinajstić information content (AvgIpc) is 2.28. The minimum absolute atomic E-state index is 0.266. The molecule has 1 aliphatic carbocycles. The Morgan fingerprint density at radius 1 is 1.71 bits per heavy atom. The summed E-state index contributed by atoms with van der Waals surface area (Å²) in [6, 6.07) is 0. The number of aliphatic carboxylic acids is 1. The van der Waals surface area contributed by atoms with E-state index >= 15 is 0 Å². The maximum absolute atomic E-state index is 10.5. The van der Waals surface area contributed by atoms with Gasteiger partial charge >= 0.3 is 5.97 Å². The smallest absolute Gasteiger partial charge is 0.329 e. The van der Waals surface area contributed by atoms with E-state index in [0.717, 1.165) is 24.8 Å². The molecular weight excluding hydrogens is 222 g/mol. The number of carboxylic acid groups (broad SMARTS) is 1. The minimum Gasteiger partial charge on any atom is -0.480 e. The Hall–Kier alpha value is -1.36. The van der Waals surface area contributed by atoms with Crippen molar-refractivity contribution in [3.05, 3.63) is 11.6 Å². The summed E-state index contributed by atoms with van der Waals surface area (Å²) in [5.74, 6) is -0.657. The van der Waals surface area contributed by atoms with Crippen LogP contribution in [-0.4, -0.2) is 34.7 Å². The number of carboxylic acids is 1. The van der Waals surface area contributed by atoms with Crippen molar-refractivity contribution in [2.24, 2.45) is 11.1 Å². The molecule has 0 bridgehead atoms. The van der Waals surface area contributed by atoms with Crippen LogP contribution in [0.3, 0.4) is 0 Å². The molecule has 1 aliphatic rings.